The van der Waals surface area contributed by atoms with Gasteiger partial charge in [-0.1, -0.05) is 65.4 Å². The summed E-state index contributed by atoms with van der Waals surface area (Å²) in [5, 5.41) is 0. The molecule has 0 aliphatic heterocycles. The van der Waals surface area contributed by atoms with Crippen molar-refractivity contribution in [2.45, 2.75) is 72.1 Å². The summed E-state index contributed by atoms with van der Waals surface area (Å²) in [6.45, 7) is 7.27. The second kappa shape index (κ2) is 13.4. The molecule has 0 saturated heterocycles. The Morgan fingerprint density at radius 3 is 2.08 bits per heavy atom. The van der Waals surface area contributed by atoms with E-state index in [1.54, 1.807) is 24.3 Å². The van der Waals surface area contributed by atoms with Crippen LogP contribution in [0.1, 0.15) is 92.9 Å². The number of carbonyl (C=O) groups excluding carboxylic acids is 2. The minimum absolute atomic E-state index is 0.382. The van der Waals surface area contributed by atoms with Crippen LogP contribution in [0.15, 0.2) is 24.3 Å². The summed E-state index contributed by atoms with van der Waals surface area (Å²) < 4.78 is 10.6. The molecule has 0 amide bonds. The van der Waals surface area contributed by atoms with E-state index in [0.29, 0.717) is 30.3 Å². The van der Waals surface area contributed by atoms with Gasteiger partial charge >= 0.3 is 11.9 Å². The molecule has 1 rings (SSSR count). The summed E-state index contributed by atoms with van der Waals surface area (Å²) in [7, 11) is 0. The van der Waals surface area contributed by atoms with Crippen LogP contribution < -0.4 is 0 Å². The highest BCUT2D eigenvalue weighted by molar-refractivity contribution is 5.95. The molecule has 0 spiro atoms. The lowest BCUT2D eigenvalue weighted by molar-refractivity contribution is 0.0484. The lowest BCUT2D eigenvalue weighted by Gasteiger charge is -2.10. The van der Waals surface area contributed by atoms with E-state index in [2.05, 4.69) is 20.8 Å². The fourth-order valence-corrected chi connectivity index (χ4v) is 2.54. The van der Waals surface area contributed by atoms with Crippen LogP contribution in [0.25, 0.3) is 0 Å². The molecule has 0 N–H and O–H groups in total. The van der Waals surface area contributed by atoms with Gasteiger partial charge in [-0.3, -0.25) is 0 Å². The zero-order valence-corrected chi connectivity index (χ0v) is 16.6. The Labute approximate surface area is 158 Å². The van der Waals surface area contributed by atoms with Crippen LogP contribution in [-0.4, -0.2) is 25.2 Å². The second-order valence-corrected chi connectivity index (χ2v) is 6.92. The highest BCUT2D eigenvalue weighted by Crippen LogP contribution is 2.11. The van der Waals surface area contributed by atoms with Crippen molar-refractivity contribution in [1.82, 2.24) is 0 Å². The zero-order valence-electron chi connectivity index (χ0n) is 16.6. The molecular formula is C22H34O4. The van der Waals surface area contributed by atoms with Gasteiger partial charge in [0.2, 0.25) is 0 Å². The van der Waals surface area contributed by atoms with E-state index in [0.717, 1.165) is 25.7 Å². The molecule has 4 nitrogen and oxygen atoms in total. The molecule has 0 radical (unpaired) electrons. The first-order chi connectivity index (χ1) is 12.6. The highest BCUT2D eigenvalue weighted by Gasteiger charge is 2.13. The fourth-order valence-electron chi connectivity index (χ4n) is 2.54. The first-order valence-corrected chi connectivity index (χ1v) is 10.0. The third-order valence-corrected chi connectivity index (χ3v) is 4.61. The first kappa shape index (κ1) is 22.2. The molecule has 4 heteroatoms. The van der Waals surface area contributed by atoms with Gasteiger partial charge in [-0.25, -0.2) is 9.59 Å². The molecule has 0 bridgehead atoms. The minimum atomic E-state index is -0.390. The summed E-state index contributed by atoms with van der Waals surface area (Å²) in [6.07, 6.45) is 8.79. The third kappa shape index (κ3) is 9.02. The molecule has 1 atom stereocenters. The fraction of sp³-hybridized carbons (Fsp3) is 0.636. The van der Waals surface area contributed by atoms with Crippen molar-refractivity contribution < 1.29 is 19.1 Å². The quantitative estimate of drug-likeness (QED) is 0.329. The average Bonchev–Trinajstić information content (AvgIpc) is 2.66. The Hall–Kier alpha value is -1.84. The summed E-state index contributed by atoms with van der Waals surface area (Å²) in [5.74, 6) is -0.238. The smallest absolute Gasteiger partial charge is 0.338 e. The number of unbranched alkanes of at least 4 members (excludes halogenated alkanes) is 5. The monoisotopic (exact) mass is 362 g/mol. The molecule has 26 heavy (non-hydrogen) atoms. The van der Waals surface area contributed by atoms with Crippen LogP contribution in [0, 0.1) is 5.92 Å². The van der Waals surface area contributed by atoms with E-state index < -0.39 is 0 Å². The SMILES string of the molecule is CCCCCCCCOC(=O)c1cccc(C(=O)OCCC(C)CC)c1. The number of rotatable bonds is 13. The second-order valence-electron chi connectivity index (χ2n) is 6.92. The minimum Gasteiger partial charge on any atom is -0.462 e. The molecule has 1 unspecified atom stereocenters. The Morgan fingerprint density at radius 2 is 1.46 bits per heavy atom. The number of esters is 2. The molecular weight excluding hydrogens is 328 g/mol. The summed E-state index contributed by atoms with van der Waals surface area (Å²) in [4.78, 5) is 24.2. The summed E-state index contributed by atoms with van der Waals surface area (Å²) in [5.41, 5.74) is 0.788. The van der Waals surface area contributed by atoms with Gasteiger partial charge in [0, 0.05) is 0 Å². The van der Waals surface area contributed by atoms with Crippen LogP contribution in [0.2, 0.25) is 0 Å². The van der Waals surface area contributed by atoms with Gasteiger partial charge in [-0.2, -0.15) is 0 Å². The van der Waals surface area contributed by atoms with Crippen molar-refractivity contribution in [2.75, 3.05) is 13.2 Å². The molecule has 0 aromatic heterocycles. The third-order valence-electron chi connectivity index (χ3n) is 4.61. The maximum Gasteiger partial charge on any atom is 0.338 e. The molecule has 1 aromatic carbocycles. The van der Waals surface area contributed by atoms with Gasteiger partial charge in [0.15, 0.2) is 0 Å². The van der Waals surface area contributed by atoms with E-state index in [1.807, 2.05) is 0 Å². The summed E-state index contributed by atoms with van der Waals surface area (Å²) >= 11 is 0. The Balaban J connectivity index is 2.37. The molecule has 0 heterocycles. The van der Waals surface area contributed by atoms with Crippen molar-refractivity contribution in [1.29, 1.82) is 0 Å². The van der Waals surface area contributed by atoms with Gasteiger partial charge in [-0.05, 0) is 37.0 Å². The lowest BCUT2D eigenvalue weighted by atomic mass is 10.1. The Kier molecular flexibility index (Phi) is 11.4. The van der Waals surface area contributed by atoms with Gasteiger partial charge in [0.1, 0.15) is 0 Å². The number of ether oxygens (including phenoxy) is 2. The standard InChI is InChI=1S/C22H34O4/c1-4-6-7-8-9-10-15-25-21(23)19-12-11-13-20(17-19)22(24)26-16-14-18(3)5-2/h11-13,17-18H,4-10,14-16H2,1-3H3. The number of hydrogen-bond donors (Lipinski definition) is 0. The van der Waals surface area contributed by atoms with Gasteiger partial charge in [-0.15, -0.1) is 0 Å². The highest BCUT2D eigenvalue weighted by atomic mass is 16.5. The molecule has 1 aromatic rings. The van der Waals surface area contributed by atoms with E-state index >= 15 is 0 Å². The number of benzene rings is 1. The predicted molar refractivity (Wildman–Crippen MR) is 104 cm³/mol. The van der Waals surface area contributed by atoms with Gasteiger partial charge in [0.05, 0.1) is 24.3 Å². The molecule has 0 fully saturated rings. The topological polar surface area (TPSA) is 52.6 Å². The van der Waals surface area contributed by atoms with Crippen molar-refractivity contribution in [3.8, 4) is 0 Å². The normalized spacial score (nSPS) is 11.8. The first-order valence-electron chi connectivity index (χ1n) is 10.0. The van der Waals surface area contributed by atoms with Crippen molar-refractivity contribution in [3.63, 3.8) is 0 Å². The van der Waals surface area contributed by atoms with Gasteiger partial charge in [0.25, 0.3) is 0 Å². The number of carbonyl (C=O) groups is 2. The van der Waals surface area contributed by atoms with E-state index in [9.17, 15) is 9.59 Å². The summed E-state index contributed by atoms with van der Waals surface area (Å²) in [6, 6.07) is 6.57. The van der Waals surface area contributed by atoms with Crippen LogP contribution in [0.4, 0.5) is 0 Å². The van der Waals surface area contributed by atoms with Crippen molar-refractivity contribution >= 4 is 11.9 Å². The molecule has 0 aliphatic carbocycles. The van der Waals surface area contributed by atoms with Crippen molar-refractivity contribution in [2.24, 2.45) is 5.92 Å². The number of hydrogen-bond acceptors (Lipinski definition) is 4. The van der Waals surface area contributed by atoms with E-state index in [4.69, 9.17) is 9.47 Å². The maximum atomic E-state index is 12.1. The maximum absolute atomic E-state index is 12.1. The van der Waals surface area contributed by atoms with Crippen LogP contribution >= 0.6 is 0 Å². The van der Waals surface area contributed by atoms with Crippen LogP contribution in [0.3, 0.4) is 0 Å². The van der Waals surface area contributed by atoms with Crippen LogP contribution in [-0.2, 0) is 9.47 Å². The van der Waals surface area contributed by atoms with Gasteiger partial charge < -0.3 is 9.47 Å². The Bertz CT molecular complexity index is 539. The van der Waals surface area contributed by atoms with Crippen molar-refractivity contribution in [3.05, 3.63) is 35.4 Å². The van der Waals surface area contributed by atoms with Crippen LogP contribution in [0.5, 0.6) is 0 Å². The predicted octanol–water partition coefficient (Wildman–Crippen LogP) is 5.80. The molecule has 0 aliphatic rings. The molecule has 146 valence electrons. The Morgan fingerprint density at radius 1 is 0.885 bits per heavy atom. The molecule has 0 saturated carbocycles. The lowest BCUT2D eigenvalue weighted by Crippen LogP contribution is -2.11. The average molecular weight is 363 g/mol. The van der Waals surface area contributed by atoms with E-state index in [-0.39, 0.29) is 11.9 Å². The zero-order chi connectivity index (χ0) is 19.2. The van der Waals surface area contributed by atoms with E-state index in [1.165, 1.54) is 25.7 Å². The largest absolute Gasteiger partial charge is 0.462 e.